The Balaban J connectivity index is 2.48. The van der Waals surface area contributed by atoms with E-state index in [0.717, 1.165) is 11.1 Å². The third kappa shape index (κ3) is 2.24. The summed E-state index contributed by atoms with van der Waals surface area (Å²) < 4.78 is 0. The number of nitrogens with one attached hydrogen (secondary N) is 1. The third-order valence-corrected chi connectivity index (χ3v) is 2.40. The molecule has 0 atom stereocenters. The number of hydrazine groups is 1. The topological polar surface area (TPSA) is 94.0 Å². The molecule has 5 nitrogen and oxygen atoms in total. The van der Waals surface area contributed by atoms with Gasteiger partial charge in [0.15, 0.2) is 0 Å². The molecule has 2 rings (SSSR count). The zero-order chi connectivity index (χ0) is 12.3. The van der Waals surface area contributed by atoms with E-state index in [0.29, 0.717) is 0 Å². The van der Waals surface area contributed by atoms with Gasteiger partial charge in [-0.2, -0.15) is 0 Å². The van der Waals surface area contributed by atoms with Crippen LogP contribution in [-0.4, -0.2) is 10.9 Å². The Morgan fingerprint density at radius 3 is 2.53 bits per heavy atom. The van der Waals surface area contributed by atoms with Crippen LogP contribution in [0.4, 0.5) is 5.82 Å². The summed E-state index contributed by atoms with van der Waals surface area (Å²) in [5.41, 5.74) is 9.71. The van der Waals surface area contributed by atoms with Crippen LogP contribution >= 0.6 is 0 Å². The van der Waals surface area contributed by atoms with Crippen molar-refractivity contribution in [1.29, 1.82) is 0 Å². The summed E-state index contributed by atoms with van der Waals surface area (Å²) in [7, 11) is 0. The number of hydrogen-bond donors (Lipinski definition) is 3. The molecule has 0 aliphatic carbocycles. The molecule has 2 aromatic rings. The highest BCUT2D eigenvalue weighted by atomic mass is 16.2. The van der Waals surface area contributed by atoms with Gasteiger partial charge in [0, 0.05) is 11.8 Å². The number of amides is 1. The second-order valence-electron chi connectivity index (χ2n) is 3.50. The number of nitrogens with zero attached hydrogens (tertiary/aromatic N) is 1. The Morgan fingerprint density at radius 2 is 1.88 bits per heavy atom. The minimum absolute atomic E-state index is 0.160. The first-order valence-corrected chi connectivity index (χ1v) is 5.04. The molecule has 0 fully saturated rings. The van der Waals surface area contributed by atoms with Crippen LogP contribution in [0.3, 0.4) is 0 Å². The lowest BCUT2D eigenvalue weighted by molar-refractivity contribution is 0.0954. The molecule has 0 aliphatic rings. The summed E-state index contributed by atoms with van der Waals surface area (Å²) >= 11 is 0. The fraction of sp³-hybridized carbons (Fsp3) is 0. The van der Waals surface area contributed by atoms with Gasteiger partial charge < -0.3 is 5.73 Å². The second kappa shape index (κ2) is 4.63. The van der Waals surface area contributed by atoms with Crippen molar-refractivity contribution in [1.82, 2.24) is 10.4 Å². The van der Waals surface area contributed by atoms with E-state index in [9.17, 15) is 4.79 Å². The molecule has 1 aromatic heterocycles. The molecule has 5 N–H and O–H groups in total. The zero-order valence-electron chi connectivity index (χ0n) is 9.05. The summed E-state index contributed by atoms with van der Waals surface area (Å²) in [4.78, 5) is 15.4. The van der Waals surface area contributed by atoms with Crippen LogP contribution < -0.4 is 17.0 Å². The molecule has 0 unspecified atom stereocenters. The van der Waals surface area contributed by atoms with Crippen molar-refractivity contribution < 1.29 is 4.79 Å². The van der Waals surface area contributed by atoms with Crippen molar-refractivity contribution in [2.24, 2.45) is 5.84 Å². The number of carbonyl (C=O) groups is 1. The minimum Gasteiger partial charge on any atom is -0.383 e. The van der Waals surface area contributed by atoms with Gasteiger partial charge in [0.1, 0.15) is 5.82 Å². The van der Waals surface area contributed by atoms with Gasteiger partial charge in [-0.3, -0.25) is 10.2 Å². The quantitative estimate of drug-likeness (QED) is 0.405. The van der Waals surface area contributed by atoms with Crippen LogP contribution in [0.15, 0.2) is 42.6 Å². The highest BCUT2D eigenvalue weighted by Crippen LogP contribution is 2.21. The molecular formula is C12H12N4O. The molecule has 0 aliphatic heterocycles. The zero-order valence-corrected chi connectivity index (χ0v) is 9.05. The summed E-state index contributed by atoms with van der Waals surface area (Å²) in [6, 6.07) is 11.3. The highest BCUT2D eigenvalue weighted by molar-refractivity contribution is 5.99. The van der Waals surface area contributed by atoms with Crippen LogP contribution in [0.2, 0.25) is 0 Å². The van der Waals surface area contributed by atoms with Gasteiger partial charge in [0.25, 0.3) is 5.91 Å². The predicted molar refractivity (Wildman–Crippen MR) is 65.7 cm³/mol. The van der Waals surface area contributed by atoms with E-state index in [1.165, 1.54) is 0 Å². The number of rotatable bonds is 2. The number of anilines is 1. The molecule has 17 heavy (non-hydrogen) atoms. The third-order valence-electron chi connectivity index (χ3n) is 2.40. The normalized spacial score (nSPS) is 9.94. The number of nitrogens with two attached hydrogens (primary N) is 2. The van der Waals surface area contributed by atoms with Gasteiger partial charge >= 0.3 is 0 Å². The number of hydrogen-bond acceptors (Lipinski definition) is 4. The molecule has 0 bridgehead atoms. The van der Waals surface area contributed by atoms with E-state index < -0.39 is 5.91 Å². The van der Waals surface area contributed by atoms with Crippen LogP contribution in [0, 0.1) is 0 Å². The lowest BCUT2D eigenvalue weighted by Gasteiger charge is -2.06. The van der Waals surface area contributed by atoms with Crippen LogP contribution in [0.5, 0.6) is 0 Å². The van der Waals surface area contributed by atoms with Gasteiger partial charge in [-0.25, -0.2) is 10.8 Å². The van der Waals surface area contributed by atoms with Gasteiger partial charge in [-0.05, 0) is 11.6 Å². The van der Waals surface area contributed by atoms with Crippen LogP contribution in [0.25, 0.3) is 11.1 Å². The fourth-order valence-electron chi connectivity index (χ4n) is 1.52. The lowest BCUT2D eigenvalue weighted by Crippen LogP contribution is -2.30. The number of carbonyl (C=O) groups excluding carboxylic acids is 1. The number of pyridine rings is 1. The van der Waals surface area contributed by atoms with Crippen LogP contribution in [0.1, 0.15) is 10.4 Å². The fourth-order valence-corrected chi connectivity index (χ4v) is 1.52. The summed E-state index contributed by atoms with van der Waals surface area (Å²) in [6.45, 7) is 0. The lowest BCUT2D eigenvalue weighted by atomic mass is 10.1. The van der Waals surface area contributed by atoms with Gasteiger partial charge in [0.2, 0.25) is 0 Å². The average molecular weight is 228 g/mol. The van der Waals surface area contributed by atoms with Gasteiger partial charge in [0.05, 0.1) is 5.56 Å². The first-order chi connectivity index (χ1) is 8.22. The van der Waals surface area contributed by atoms with Gasteiger partial charge in [-0.1, -0.05) is 30.3 Å². The molecule has 5 heteroatoms. The molecule has 1 heterocycles. The van der Waals surface area contributed by atoms with Crippen molar-refractivity contribution >= 4 is 11.7 Å². The summed E-state index contributed by atoms with van der Waals surface area (Å²) in [5.74, 6) is 4.79. The first-order valence-electron chi connectivity index (χ1n) is 5.04. The monoisotopic (exact) mass is 228 g/mol. The van der Waals surface area contributed by atoms with Gasteiger partial charge in [-0.15, -0.1) is 0 Å². The van der Waals surface area contributed by atoms with Crippen molar-refractivity contribution in [2.45, 2.75) is 0 Å². The minimum atomic E-state index is -0.451. The van der Waals surface area contributed by atoms with Crippen LogP contribution in [-0.2, 0) is 0 Å². The molecule has 0 saturated heterocycles. The van der Waals surface area contributed by atoms with E-state index in [1.54, 1.807) is 12.3 Å². The highest BCUT2D eigenvalue weighted by Gasteiger charge is 2.10. The Bertz CT molecular complexity index is 539. The molecule has 86 valence electrons. The summed E-state index contributed by atoms with van der Waals surface area (Å²) in [6.07, 6.45) is 1.62. The van der Waals surface area contributed by atoms with Crippen molar-refractivity contribution in [3.8, 4) is 11.1 Å². The smallest absolute Gasteiger partial charge is 0.268 e. The van der Waals surface area contributed by atoms with E-state index >= 15 is 0 Å². The predicted octanol–water partition coefficient (Wildman–Crippen LogP) is 0.934. The maximum Gasteiger partial charge on any atom is 0.268 e. The van der Waals surface area contributed by atoms with E-state index in [4.69, 9.17) is 11.6 Å². The Morgan fingerprint density at radius 1 is 1.18 bits per heavy atom. The maximum absolute atomic E-state index is 11.5. The Kier molecular flexibility index (Phi) is 3.02. The Labute approximate surface area is 98.4 Å². The average Bonchev–Trinajstić information content (AvgIpc) is 2.39. The van der Waals surface area contributed by atoms with Crippen molar-refractivity contribution in [3.63, 3.8) is 0 Å². The maximum atomic E-state index is 11.5. The number of benzene rings is 1. The summed E-state index contributed by atoms with van der Waals surface area (Å²) in [5, 5.41) is 0. The molecule has 0 spiro atoms. The molecule has 0 radical (unpaired) electrons. The van der Waals surface area contributed by atoms with Crippen molar-refractivity contribution in [2.75, 3.05) is 5.73 Å². The number of aromatic nitrogens is 1. The molecule has 1 amide bonds. The molecular weight excluding hydrogens is 216 g/mol. The second-order valence-corrected chi connectivity index (χ2v) is 3.50. The van der Waals surface area contributed by atoms with E-state index in [1.807, 2.05) is 35.8 Å². The first kappa shape index (κ1) is 11.1. The SMILES string of the molecule is NNC(=O)c1cc(-c2ccccc2)cnc1N. The largest absolute Gasteiger partial charge is 0.383 e. The molecule has 1 aromatic carbocycles. The molecule has 0 saturated carbocycles. The number of nitrogen functional groups attached to an aromatic ring is 2. The Hall–Kier alpha value is -2.40. The van der Waals surface area contributed by atoms with E-state index in [2.05, 4.69) is 4.98 Å². The van der Waals surface area contributed by atoms with Crippen molar-refractivity contribution in [3.05, 3.63) is 48.2 Å². The standard InChI is InChI=1S/C12H12N4O/c13-11-10(12(17)16-14)6-9(7-15-11)8-4-2-1-3-5-8/h1-7H,14H2,(H2,13,15)(H,16,17). The van der Waals surface area contributed by atoms with E-state index in [-0.39, 0.29) is 11.4 Å².